The summed E-state index contributed by atoms with van der Waals surface area (Å²) in [5.74, 6) is -0.416. The molecule has 130 valence electrons. The number of ether oxygens (including phenoxy) is 3. The average Bonchev–Trinajstić information content (AvgIpc) is 2.54. The molecule has 0 N–H and O–H groups in total. The minimum absolute atomic E-state index is 0.183. The van der Waals surface area contributed by atoms with Crippen LogP contribution in [0.5, 0.6) is 11.5 Å². The number of carbonyl (C=O) groups excluding carboxylic acids is 3. The second kappa shape index (κ2) is 10.2. The molecule has 6 nitrogen and oxygen atoms in total. The molecule has 0 saturated carbocycles. The molecule has 1 aromatic carbocycles. The molecule has 0 aliphatic heterocycles. The lowest BCUT2D eigenvalue weighted by Gasteiger charge is -2.05. The summed E-state index contributed by atoms with van der Waals surface area (Å²) < 4.78 is 14.7. The van der Waals surface area contributed by atoms with Crippen LogP contribution in [0, 0.1) is 0 Å². The summed E-state index contributed by atoms with van der Waals surface area (Å²) in [7, 11) is 1.56. The summed E-state index contributed by atoms with van der Waals surface area (Å²) in [6, 6.07) is 6.73. The first-order chi connectivity index (χ1) is 11.4. The van der Waals surface area contributed by atoms with E-state index in [0.29, 0.717) is 36.3 Å². The third-order valence-electron chi connectivity index (χ3n) is 3.14. The number of allylic oxidation sites excluding steroid dienone is 1. The van der Waals surface area contributed by atoms with Crippen LogP contribution < -0.4 is 9.47 Å². The van der Waals surface area contributed by atoms with Gasteiger partial charge < -0.3 is 14.2 Å². The van der Waals surface area contributed by atoms with Crippen molar-refractivity contribution in [2.75, 3.05) is 7.11 Å². The molecular formula is C18H22O6. The second-order valence-electron chi connectivity index (χ2n) is 5.16. The predicted octanol–water partition coefficient (Wildman–Crippen LogP) is 3.20. The Morgan fingerprint density at radius 3 is 2.21 bits per heavy atom. The molecule has 1 rings (SSSR count). The van der Waals surface area contributed by atoms with Gasteiger partial charge in [0.25, 0.3) is 0 Å². The first-order valence-corrected chi connectivity index (χ1v) is 7.66. The zero-order valence-corrected chi connectivity index (χ0v) is 14.2. The van der Waals surface area contributed by atoms with Crippen molar-refractivity contribution in [1.82, 2.24) is 0 Å². The Balaban J connectivity index is 2.32. The Kier molecular flexibility index (Phi) is 8.25. The van der Waals surface area contributed by atoms with Crippen molar-refractivity contribution in [3.63, 3.8) is 0 Å². The Hall–Kier alpha value is -2.63. The molecule has 0 unspecified atom stereocenters. The third kappa shape index (κ3) is 7.58. The fourth-order valence-corrected chi connectivity index (χ4v) is 1.86. The van der Waals surface area contributed by atoms with E-state index < -0.39 is 17.9 Å². The van der Waals surface area contributed by atoms with E-state index in [4.69, 9.17) is 9.47 Å². The van der Waals surface area contributed by atoms with Crippen LogP contribution >= 0.6 is 0 Å². The Morgan fingerprint density at radius 1 is 1.00 bits per heavy atom. The van der Waals surface area contributed by atoms with Gasteiger partial charge in [0, 0.05) is 18.9 Å². The highest BCUT2D eigenvalue weighted by atomic mass is 16.6. The van der Waals surface area contributed by atoms with Crippen LogP contribution in [0.25, 0.3) is 0 Å². The van der Waals surface area contributed by atoms with E-state index in [9.17, 15) is 14.4 Å². The van der Waals surface area contributed by atoms with Crippen LogP contribution in [0.2, 0.25) is 0 Å². The lowest BCUT2D eigenvalue weighted by molar-refractivity contribution is -0.158. The highest BCUT2D eigenvalue weighted by Gasteiger charge is 2.08. The Bertz CT molecular complexity index is 600. The number of esters is 3. The van der Waals surface area contributed by atoms with E-state index in [0.717, 1.165) is 0 Å². The summed E-state index contributed by atoms with van der Waals surface area (Å²) in [6.07, 6.45) is 3.88. The molecular weight excluding hydrogens is 312 g/mol. The minimum atomic E-state index is -0.600. The number of methoxy groups -OCH3 is 1. The normalized spacial score (nSPS) is 10.9. The minimum Gasteiger partial charge on any atom is -0.497 e. The van der Waals surface area contributed by atoms with Crippen LogP contribution in [-0.4, -0.2) is 25.0 Å². The van der Waals surface area contributed by atoms with Gasteiger partial charge in [-0.25, -0.2) is 4.79 Å². The van der Waals surface area contributed by atoms with Gasteiger partial charge >= 0.3 is 17.9 Å². The zero-order valence-electron chi connectivity index (χ0n) is 14.2. The maximum atomic E-state index is 11.9. The summed E-state index contributed by atoms with van der Waals surface area (Å²) in [4.78, 5) is 33.7. The quantitative estimate of drug-likeness (QED) is 0.239. The van der Waals surface area contributed by atoms with Gasteiger partial charge in [0.2, 0.25) is 0 Å². The first-order valence-electron chi connectivity index (χ1n) is 7.66. The lowest BCUT2D eigenvalue weighted by Crippen LogP contribution is -2.09. The topological polar surface area (TPSA) is 78.9 Å². The summed E-state index contributed by atoms with van der Waals surface area (Å²) in [5.41, 5.74) is 0.497. The van der Waals surface area contributed by atoms with Crippen LogP contribution in [0.15, 0.2) is 35.9 Å². The summed E-state index contributed by atoms with van der Waals surface area (Å²) in [6.45, 7) is 2.87. The third-order valence-corrected chi connectivity index (χ3v) is 3.14. The number of unbranched alkanes of at least 4 members (excludes halogenated alkanes) is 2. The van der Waals surface area contributed by atoms with Gasteiger partial charge in [-0.1, -0.05) is 6.08 Å². The average molecular weight is 334 g/mol. The van der Waals surface area contributed by atoms with Crippen molar-refractivity contribution in [2.24, 2.45) is 0 Å². The van der Waals surface area contributed by atoms with Crippen molar-refractivity contribution in [1.29, 1.82) is 0 Å². The number of hydrogen-bond donors (Lipinski definition) is 0. The number of rotatable bonds is 8. The van der Waals surface area contributed by atoms with Gasteiger partial charge in [0.1, 0.15) is 11.5 Å². The van der Waals surface area contributed by atoms with E-state index in [2.05, 4.69) is 4.74 Å². The number of benzene rings is 1. The number of carbonyl (C=O) groups is 3. The van der Waals surface area contributed by atoms with Crippen molar-refractivity contribution in [3.8, 4) is 11.5 Å². The van der Waals surface area contributed by atoms with Crippen LogP contribution in [0.1, 0.15) is 39.5 Å². The number of hydrogen-bond acceptors (Lipinski definition) is 6. The van der Waals surface area contributed by atoms with Gasteiger partial charge in [-0.3, -0.25) is 9.59 Å². The van der Waals surface area contributed by atoms with Gasteiger partial charge in [0.05, 0.1) is 7.11 Å². The molecule has 0 bridgehead atoms. The molecule has 0 saturated heterocycles. The van der Waals surface area contributed by atoms with Crippen molar-refractivity contribution >= 4 is 17.9 Å². The molecule has 0 aromatic heterocycles. The fraction of sp³-hybridized carbons (Fsp3) is 0.389. The molecule has 0 fully saturated rings. The lowest BCUT2D eigenvalue weighted by atomic mass is 10.1. The van der Waals surface area contributed by atoms with Crippen molar-refractivity contribution in [3.05, 3.63) is 35.9 Å². The molecule has 0 atom stereocenters. The van der Waals surface area contributed by atoms with E-state index in [1.165, 1.54) is 6.92 Å². The Labute approximate surface area is 141 Å². The SMILES string of the molecule is COc1ccc(OC(=O)C(C)=CCCCCC(=O)OC(C)=O)cc1. The molecule has 0 aliphatic rings. The summed E-state index contributed by atoms with van der Waals surface area (Å²) in [5, 5.41) is 0. The predicted molar refractivity (Wildman–Crippen MR) is 87.6 cm³/mol. The van der Waals surface area contributed by atoms with Crippen LogP contribution in [0.3, 0.4) is 0 Å². The second-order valence-corrected chi connectivity index (χ2v) is 5.16. The van der Waals surface area contributed by atoms with Crippen LogP contribution in [-0.2, 0) is 19.1 Å². The highest BCUT2D eigenvalue weighted by Crippen LogP contribution is 2.18. The smallest absolute Gasteiger partial charge is 0.338 e. The molecule has 24 heavy (non-hydrogen) atoms. The van der Waals surface area contributed by atoms with E-state index in [1.54, 1.807) is 44.4 Å². The van der Waals surface area contributed by atoms with E-state index in [-0.39, 0.29) is 6.42 Å². The first kappa shape index (κ1) is 19.4. The maximum Gasteiger partial charge on any atom is 0.338 e. The molecule has 0 amide bonds. The Morgan fingerprint density at radius 2 is 1.62 bits per heavy atom. The molecule has 0 radical (unpaired) electrons. The molecule has 0 heterocycles. The van der Waals surface area contributed by atoms with Gasteiger partial charge in [-0.2, -0.15) is 0 Å². The molecule has 0 aliphatic carbocycles. The fourth-order valence-electron chi connectivity index (χ4n) is 1.86. The van der Waals surface area contributed by atoms with Gasteiger partial charge in [0.15, 0.2) is 0 Å². The zero-order chi connectivity index (χ0) is 17.9. The molecule has 0 spiro atoms. The highest BCUT2D eigenvalue weighted by molar-refractivity contribution is 5.89. The largest absolute Gasteiger partial charge is 0.497 e. The van der Waals surface area contributed by atoms with Crippen molar-refractivity contribution in [2.45, 2.75) is 39.5 Å². The van der Waals surface area contributed by atoms with Gasteiger partial charge in [-0.05, 0) is 50.5 Å². The summed E-state index contributed by atoms with van der Waals surface area (Å²) >= 11 is 0. The monoisotopic (exact) mass is 334 g/mol. The molecule has 6 heteroatoms. The van der Waals surface area contributed by atoms with Gasteiger partial charge in [-0.15, -0.1) is 0 Å². The molecule has 1 aromatic rings. The van der Waals surface area contributed by atoms with Crippen molar-refractivity contribution < 1.29 is 28.6 Å². The van der Waals surface area contributed by atoms with E-state index >= 15 is 0 Å². The van der Waals surface area contributed by atoms with Crippen LogP contribution in [0.4, 0.5) is 0 Å². The standard InChI is InChI=1S/C18H22O6/c1-13(7-5-4-6-8-17(20)23-14(2)19)18(21)24-16-11-9-15(22-3)10-12-16/h7,9-12H,4-6,8H2,1-3H3. The maximum absolute atomic E-state index is 11.9. The van der Waals surface area contributed by atoms with E-state index in [1.807, 2.05) is 0 Å².